The van der Waals surface area contributed by atoms with Gasteiger partial charge in [-0.15, -0.1) is 0 Å². The third-order valence-corrected chi connectivity index (χ3v) is 5.28. The summed E-state index contributed by atoms with van der Waals surface area (Å²) in [5, 5.41) is 0. The molecule has 0 saturated carbocycles. The summed E-state index contributed by atoms with van der Waals surface area (Å²) in [7, 11) is -1.19. The topological polar surface area (TPSA) is 40.6 Å². The molecule has 0 spiro atoms. The van der Waals surface area contributed by atoms with Crippen molar-refractivity contribution in [3.8, 4) is 0 Å². The Balaban J connectivity index is 2.09. The molecule has 1 aromatic carbocycles. The van der Waals surface area contributed by atoms with Gasteiger partial charge in [0.05, 0.1) is 11.8 Å². The van der Waals surface area contributed by atoms with E-state index in [1.165, 1.54) is 0 Å². The van der Waals surface area contributed by atoms with Crippen LogP contribution in [0.2, 0.25) is 0 Å². The molecule has 2 rings (SSSR count). The molecular formula is C13H20N2O2S. The van der Waals surface area contributed by atoms with E-state index in [1.54, 1.807) is 4.31 Å². The monoisotopic (exact) mass is 268 g/mol. The van der Waals surface area contributed by atoms with Gasteiger partial charge in [-0.2, -0.15) is 4.31 Å². The van der Waals surface area contributed by atoms with Crippen LogP contribution in [0, 0.1) is 0 Å². The Labute approximate surface area is 109 Å². The smallest absolute Gasteiger partial charge is 0.218 e. The molecule has 5 heteroatoms. The molecule has 0 unspecified atom stereocenters. The molecule has 0 aliphatic carbocycles. The SMILES string of the molecule is CCN(C1CN(C)C1)S(=O)(=O)Cc1ccccc1. The van der Waals surface area contributed by atoms with Gasteiger partial charge >= 0.3 is 0 Å². The minimum atomic E-state index is -3.20. The lowest BCUT2D eigenvalue weighted by atomic mass is 10.1. The normalized spacial score (nSPS) is 17.9. The molecule has 0 N–H and O–H groups in total. The number of rotatable bonds is 5. The standard InChI is InChI=1S/C13H20N2O2S/c1-3-15(13-9-14(2)10-13)18(16,17)11-12-7-5-4-6-8-12/h4-8,13H,3,9-11H2,1-2H3. The molecule has 1 saturated heterocycles. The van der Waals surface area contributed by atoms with Crippen LogP contribution in [0.4, 0.5) is 0 Å². The van der Waals surface area contributed by atoms with Crippen molar-refractivity contribution in [2.24, 2.45) is 0 Å². The second-order valence-corrected chi connectivity index (χ2v) is 6.74. The number of likely N-dealkylation sites (tertiary alicyclic amines) is 1. The highest BCUT2D eigenvalue weighted by molar-refractivity contribution is 7.88. The van der Waals surface area contributed by atoms with Crippen molar-refractivity contribution in [1.29, 1.82) is 0 Å². The van der Waals surface area contributed by atoms with Gasteiger partial charge in [0.1, 0.15) is 0 Å². The van der Waals surface area contributed by atoms with Crippen molar-refractivity contribution in [3.05, 3.63) is 35.9 Å². The van der Waals surface area contributed by atoms with Gasteiger partial charge in [-0.1, -0.05) is 37.3 Å². The third-order valence-electron chi connectivity index (χ3n) is 3.31. The fourth-order valence-electron chi connectivity index (χ4n) is 2.40. The third kappa shape index (κ3) is 2.91. The molecule has 100 valence electrons. The van der Waals surface area contributed by atoms with Gasteiger partial charge in [0, 0.05) is 19.6 Å². The summed E-state index contributed by atoms with van der Waals surface area (Å²) in [6.45, 7) is 4.12. The summed E-state index contributed by atoms with van der Waals surface area (Å²) in [5.41, 5.74) is 0.851. The van der Waals surface area contributed by atoms with E-state index in [2.05, 4.69) is 4.90 Å². The molecule has 0 amide bonds. The highest BCUT2D eigenvalue weighted by Gasteiger charge is 2.35. The molecule has 1 aromatic rings. The largest absolute Gasteiger partial charge is 0.303 e. The number of hydrogen-bond acceptors (Lipinski definition) is 3. The second kappa shape index (κ2) is 5.38. The molecule has 0 atom stereocenters. The van der Waals surface area contributed by atoms with Crippen LogP contribution in [0.5, 0.6) is 0 Å². The molecule has 1 heterocycles. The Morgan fingerprint density at radius 2 is 1.89 bits per heavy atom. The van der Waals surface area contributed by atoms with Crippen LogP contribution in [0.1, 0.15) is 12.5 Å². The summed E-state index contributed by atoms with van der Waals surface area (Å²) in [4.78, 5) is 2.13. The van der Waals surface area contributed by atoms with Gasteiger partial charge in [0.2, 0.25) is 10.0 Å². The molecule has 0 radical (unpaired) electrons. The summed E-state index contributed by atoms with van der Waals surface area (Å²) in [5.74, 6) is 0.0991. The van der Waals surface area contributed by atoms with Crippen molar-refractivity contribution < 1.29 is 8.42 Å². The van der Waals surface area contributed by atoms with E-state index in [9.17, 15) is 8.42 Å². The molecule has 1 aliphatic rings. The van der Waals surface area contributed by atoms with E-state index in [1.807, 2.05) is 44.3 Å². The zero-order valence-electron chi connectivity index (χ0n) is 10.9. The predicted octanol–water partition coefficient (Wildman–Crippen LogP) is 1.15. The lowest BCUT2D eigenvalue weighted by Gasteiger charge is -2.42. The molecular weight excluding hydrogens is 248 g/mol. The van der Waals surface area contributed by atoms with Crippen molar-refractivity contribution in [2.75, 3.05) is 26.7 Å². The first-order chi connectivity index (χ1) is 8.53. The van der Waals surface area contributed by atoms with Gasteiger partial charge in [-0.25, -0.2) is 8.42 Å². The maximum absolute atomic E-state index is 12.4. The number of benzene rings is 1. The number of sulfonamides is 1. The molecule has 4 nitrogen and oxygen atoms in total. The molecule has 18 heavy (non-hydrogen) atoms. The van der Waals surface area contributed by atoms with Crippen LogP contribution in [-0.4, -0.2) is 50.3 Å². The first kappa shape index (κ1) is 13.5. The quantitative estimate of drug-likeness (QED) is 0.804. The van der Waals surface area contributed by atoms with Gasteiger partial charge in [-0.3, -0.25) is 0 Å². The fourth-order valence-corrected chi connectivity index (χ4v) is 4.16. The minimum absolute atomic E-state index is 0.0991. The molecule has 0 bridgehead atoms. The highest BCUT2D eigenvalue weighted by Crippen LogP contribution is 2.19. The Kier molecular flexibility index (Phi) is 4.04. The van der Waals surface area contributed by atoms with Crippen LogP contribution in [0.15, 0.2) is 30.3 Å². The summed E-state index contributed by atoms with van der Waals surface area (Å²) >= 11 is 0. The van der Waals surface area contributed by atoms with E-state index in [0.29, 0.717) is 6.54 Å². The van der Waals surface area contributed by atoms with E-state index in [4.69, 9.17) is 0 Å². The van der Waals surface area contributed by atoms with Crippen molar-refractivity contribution >= 4 is 10.0 Å². The lowest BCUT2D eigenvalue weighted by Crippen LogP contribution is -2.59. The maximum atomic E-state index is 12.4. The minimum Gasteiger partial charge on any atom is -0.303 e. The Hall–Kier alpha value is -0.910. The van der Waals surface area contributed by atoms with E-state index in [-0.39, 0.29) is 11.8 Å². The number of likely N-dealkylation sites (N-methyl/N-ethyl adjacent to an activating group) is 2. The summed E-state index contributed by atoms with van der Waals surface area (Å²) in [6.07, 6.45) is 0. The number of hydrogen-bond donors (Lipinski definition) is 0. The van der Waals surface area contributed by atoms with Crippen LogP contribution in [-0.2, 0) is 15.8 Å². The number of nitrogens with zero attached hydrogens (tertiary/aromatic N) is 2. The summed E-state index contributed by atoms with van der Waals surface area (Å²) in [6, 6.07) is 9.51. The van der Waals surface area contributed by atoms with Crippen LogP contribution in [0.25, 0.3) is 0 Å². The molecule has 1 aliphatic heterocycles. The zero-order chi connectivity index (χ0) is 13.2. The summed E-state index contributed by atoms with van der Waals surface area (Å²) < 4.78 is 26.4. The Morgan fingerprint density at radius 1 is 1.28 bits per heavy atom. The Morgan fingerprint density at radius 3 is 2.39 bits per heavy atom. The van der Waals surface area contributed by atoms with Gasteiger partial charge in [0.25, 0.3) is 0 Å². The van der Waals surface area contributed by atoms with E-state index >= 15 is 0 Å². The average molecular weight is 268 g/mol. The van der Waals surface area contributed by atoms with Crippen molar-refractivity contribution in [1.82, 2.24) is 9.21 Å². The fraction of sp³-hybridized carbons (Fsp3) is 0.538. The Bertz CT molecular complexity index is 481. The van der Waals surface area contributed by atoms with Gasteiger partial charge < -0.3 is 4.90 Å². The van der Waals surface area contributed by atoms with E-state index in [0.717, 1.165) is 18.7 Å². The maximum Gasteiger partial charge on any atom is 0.218 e. The van der Waals surface area contributed by atoms with Gasteiger partial charge in [0.15, 0.2) is 0 Å². The molecule has 0 aromatic heterocycles. The van der Waals surface area contributed by atoms with Crippen molar-refractivity contribution in [2.45, 2.75) is 18.7 Å². The lowest BCUT2D eigenvalue weighted by molar-refractivity contribution is 0.108. The van der Waals surface area contributed by atoms with Crippen LogP contribution in [0.3, 0.4) is 0 Å². The zero-order valence-corrected chi connectivity index (χ0v) is 11.7. The van der Waals surface area contributed by atoms with Crippen LogP contribution < -0.4 is 0 Å². The highest BCUT2D eigenvalue weighted by atomic mass is 32.2. The van der Waals surface area contributed by atoms with Crippen molar-refractivity contribution in [3.63, 3.8) is 0 Å². The second-order valence-electron chi connectivity index (χ2n) is 4.82. The first-order valence-electron chi connectivity index (χ1n) is 6.25. The van der Waals surface area contributed by atoms with E-state index < -0.39 is 10.0 Å². The van der Waals surface area contributed by atoms with Crippen LogP contribution >= 0.6 is 0 Å². The average Bonchev–Trinajstić information content (AvgIpc) is 2.28. The molecule has 1 fully saturated rings. The van der Waals surface area contributed by atoms with Gasteiger partial charge in [-0.05, 0) is 12.6 Å². The first-order valence-corrected chi connectivity index (χ1v) is 7.86. The predicted molar refractivity (Wildman–Crippen MR) is 72.7 cm³/mol.